The van der Waals surface area contributed by atoms with Crippen molar-refractivity contribution >= 4 is 33.2 Å². The largest absolute Gasteiger partial charge is 0.343 e. The monoisotopic (exact) mass is 302 g/mol. The molecule has 21 heavy (non-hydrogen) atoms. The van der Waals surface area contributed by atoms with Gasteiger partial charge in [0.1, 0.15) is 6.04 Å². The van der Waals surface area contributed by atoms with Crippen LogP contribution in [0.2, 0.25) is 0 Å². The second-order valence-electron chi connectivity index (χ2n) is 5.74. The molecule has 1 atom stereocenters. The van der Waals surface area contributed by atoms with Crippen molar-refractivity contribution < 1.29 is 9.59 Å². The first-order chi connectivity index (χ1) is 10.1. The van der Waals surface area contributed by atoms with Gasteiger partial charge >= 0.3 is 0 Å². The van der Waals surface area contributed by atoms with Crippen molar-refractivity contribution in [3.63, 3.8) is 0 Å². The van der Waals surface area contributed by atoms with E-state index in [9.17, 15) is 9.59 Å². The Kier molecular flexibility index (Phi) is 3.68. The summed E-state index contributed by atoms with van der Waals surface area (Å²) in [5.74, 6) is 0.0381. The second-order valence-corrected chi connectivity index (χ2v) is 6.65. The van der Waals surface area contributed by atoms with Crippen LogP contribution >= 0.6 is 11.3 Å². The zero-order chi connectivity index (χ0) is 15.0. The first kappa shape index (κ1) is 14.1. The molecule has 1 fully saturated rings. The zero-order valence-electron chi connectivity index (χ0n) is 12.1. The van der Waals surface area contributed by atoms with E-state index >= 15 is 0 Å². The van der Waals surface area contributed by atoms with Gasteiger partial charge in [0.25, 0.3) is 0 Å². The van der Waals surface area contributed by atoms with Crippen LogP contribution < -0.4 is 5.32 Å². The molecule has 1 aliphatic heterocycles. The average molecular weight is 302 g/mol. The van der Waals surface area contributed by atoms with E-state index in [0.29, 0.717) is 6.54 Å². The van der Waals surface area contributed by atoms with Crippen molar-refractivity contribution in [3.8, 4) is 0 Å². The lowest BCUT2D eigenvalue weighted by atomic mass is 10.0. The van der Waals surface area contributed by atoms with Gasteiger partial charge in [-0.15, -0.1) is 11.3 Å². The van der Waals surface area contributed by atoms with Crippen molar-refractivity contribution in [2.24, 2.45) is 5.92 Å². The summed E-state index contributed by atoms with van der Waals surface area (Å²) in [5, 5.41) is 6.03. The number of nitrogens with one attached hydrogen (secondary N) is 1. The number of rotatable bonds is 3. The maximum atomic E-state index is 12.5. The Balaban J connectivity index is 1.86. The van der Waals surface area contributed by atoms with Crippen molar-refractivity contribution in [1.29, 1.82) is 0 Å². The number of nitrogens with zero attached hydrogens (tertiary/aromatic N) is 1. The fourth-order valence-corrected chi connectivity index (χ4v) is 3.63. The average Bonchev–Trinajstić information content (AvgIpc) is 2.85. The topological polar surface area (TPSA) is 49.4 Å². The van der Waals surface area contributed by atoms with Crippen molar-refractivity contribution in [2.45, 2.75) is 26.4 Å². The highest BCUT2D eigenvalue weighted by atomic mass is 32.1. The number of carbonyl (C=O) groups excluding carboxylic acids is 2. The first-order valence-electron chi connectivity index (χ1n) is 7.09. The minimum Gasteiger partial charge on any atom is -0.343 e. The Morgan fingerprint density at radius 3 is 2.86 bits per heavy atom. The van der Waals surface area contributed by atoms with Crippen molar-refractivity contribution in [1.82, 2.24) is 10.2 Å². The summed E-state index contributed by atoms with van der Waals surface area (Å²) in [7, 11) is 0. The molecule has 1 aliphatic rings. The highest BCUT2D eigenvalue weighted by Gasteiger charge is 2.34. The third-order valence-electron chi connectivity index (χ3n) is 3.82. The molecule has 110 valence electrons. The summed E-state index contributed by atoms with van der Waals surface area (Å²) in [6.45, 7) is 4.55. The number of benzene rings is 1. The number of carbonyl (C=O) groups is 2. The quantitative estimate of drug-likeness (QED) is 0.946. The smallest absolute Gasteiger partial charge is 0.246 e. The fourth-order valence-electron chi connectivity index (χ4n) is 2.68. The molecule has 0 saturated carbocycles. The van der Waals surface area contributed by atoms with Gasteiger partial charge in [0.2, 0.25) is 11.8 Å². The van der Waals surface area contributed by atoms with E-state index in [1.54, 1.807) is 16.2 Å². The number of thiophene rings is 1. The van der Waals surface area contributed by atoms with Crippen LogP contribution in [-0.4, -0.2) is 29.3 Å². The van der Waals surface area contributed by atoms with E-state index < -0.39 is 6.04 Å². The van der Waals surface area contributed by atoms with Gasteiger partial charge in [-0.25, -0.2) is 0 Å². The molecule has 1 unspecified atom stereocenters. The van der Waals surface area contributed by atoms with Gasteiger partial charge in [0, 0.05) is 11.2 Å². The third kappa shape index (κ3) is 2.65. The number of piperazine rings is 1. The Bertz CT molecular complexity index is 692. The third-order valence-corrected chi connectivity index (χ3v) is 4.83. The number of fused-ring (bicyclic) bond motifs is 1. The lowest BCUT2D eigenvalue weighted by Gasteiger charge is -2.34. The van der Waals surface area contributed by atoms with Crippen LogP contribution in [-0.2, 0) is 16.1 Å². The lowest BCUT2D eigenvalue weighted by molar-refractivity contribution is -0.146. The van der Waals surface area contributed by atoms with Gasteiger partial charge in [-0.3, -0.25) is 9.59 Å². The molecule has 1 N–H and O–H groups in total. The molecule has 0 aliphatic carbocycles. The number of amides is 2. The zero-order valence-corrected chi connectivity index (χ0v) is 12.9. The second kappa shape index (κ2) is 5.48. The Hall–Kier alpha value is -1.88. The van der Waals surface area contributed by atoms with Crippen LogP contribution in [0.25, 0.3) is 10.1 Å². The molecule has 0 bridgehead atoms. The summed E-state index contributed by atoms with van der Waals surface area (Å²) >= 11 is 1.67. The van der Waals surface area contributed by atoms with Crippen LogP contribution in [0, 0.1) is 5.92 Å². The summed E-state index contributed by atoms with van der Waals surface area (Å²) in [6, 6.07) is 7.74. The van der Waals surface area contributed by atoms with Crippen LogP contribution in [0.1, 0.15) is 19.4 Å². The van der Waals surface area contributed by atoms with E-state index in [0.717, 1.165) is 5.56 Å². The van der Waals surface area contributed by atoms with Gasteiger partial charge in [-0.1, -0.05) is 32.0 Å². The van der Waals surface area contributed by atoms with E-state index in [2.05, 4.69) is 22.8 Å². The predicted molar refractivity (Wildman–Crippen MR) is 84.0 cm³/mol. The summed E-state index contributed by atoms with van der Waals surface area (Å²) in [5.41, 5.74) is 1.11. The van der Waals surface area contributed by atoms with Crippen LogP contribution in [0.15, 0.2) is 29.6 Å². The molecule has 0 spiro atoms. The van der Waals surface area contributed by atoms with Gasteiger partial charge < -0.3 is 10.2 Å². The summed E-state index contributed by atoms with van der Waals surface area (Å²) < 4.78 is 1.21. The molecule has 3 rings (SSSR count). The highest BCUT2D eigenvalue weighted by molar-refractivity contribution is 7.17. The molecular weight excluding hydrogens is 284 g/mol. The SMILES string of the molecule is CC(C)C1NC(=O)CN(Cc2csc3ccccc23)C1=O. The normalized spacial score (nSPS) is 19.4. The molecule has 0 radical (unpaired) electrons. The molecule has 4 nitrogen and oxygen atoms in total. The molecule has 1 aromatic carbocycles. The van der Waals surface area contributed by atoms with Gasteiger partial charge in [0.05, 0.1) is 6.54 Å². The van der Waals surface area contributed by atoms with Gasteiger partial charge in [-0.05, 0) is 28.3 Å². The first-order valence-corrected chi connectivity index (χ1v) is 7.97. The maximum Gasteiger partial charge on any atom is 0.246 e. The molecule has 1 aromatic heterocycles. The number of hydrogen-bond acceptors (Lipinski definition) is 3. The summed E-state index contributed by atoms with van der Waals surface area (Å²) in [6.07, 6.45) is 0. The molecular formula is C16H18N2O2S. The Morgan fingerprint density at radius 1 is 1.33 bits per heavy atom. The highest BCUT2D eigenvalue weighted by Crippen LogP contribution is 2.27. The van der Waals surface area contributed by atoms with E-state index in [1.807, 2.05) is 26.0 Å². The van der Waals surface area contributed by atoms with Crippen molar-refractivity contribution in [3.05, 3.63) is 35.2 Å². The lowest BCUT2D eigenvalue weighted by Crippen LogP contribution is -2.59. The molecule has 2 aromatic rings. The molecule has 5 heteroatoms. The maximum absolute atomic E-state index is 12.5. The Morgan fingerprint density at radius 2 is 2.10 bits per heavy atom. The summed E-state index contributed by atoms with van der Waals surface area (Å²) in [4.78, 5) is 26.0. The van der Waals surface area contributed by atoms with Gasteiger partial charge in [0.15, 0.2) is 0 Å². The fraction of sp³-hybridized carbons (Fsp3) is 0.375. The minimum absolute atomic E-state index is 0.0138. The molecule has 2 amide bonds. The Labute approximate surface area is 127 Å². The van der Waals surface area contributed by atoms with Crippen LogP contribution in [0.3, 0.4) is 0 Å². The van der Waals surface area contributed by atoms with E-state index in [1.165, 1.54) is 10.1 Å². The predicted octanol–water partition coefficient (Wildman–Crippen LogP) is 2.38. The van der Waals surface area contributed by atoms with E-state index in [4.69, 9.17) is 0 Å². The van der Waals surface area contributed by atoms with Crippen LogP contribution in [0.5, 0.6) is 0 Å². The van der Waals surface area contributed by atoms with Crippen LogP contribution in [0.4, 0.5) is 0 Å². The van der Waals surface area contributed by atoms with Crippen molar-refractivity contribution in [2.75, 3.05) is 6.54 Å². The minimum atomic E-state index is -0.406. The standard InChI is InChI=1S/C16H18N2O2S/c1-10(2)15-16(20)18(8-14(19)17-15)7-11-9-21-13-6-4-3-5-12(11)13/h3-6,9-10,15H,7-8H2,1-2H3,(H,17,19). The van der Waals surface area contributed by atoms with E-state index in [-0.39, 0.29) is 24.3 Å². The molecule has 2 heterocycles. The molecule has 1 saturated heterocycles. The number of hydrogen-bond donors (Lipinski definition) is 1. The van der Waals surface area contributed by atoms with Gasteiger partial charge in [-0.2, -0.15) is 0 Å².